The van der Waals surface area contributed by atoms with Crippen molar-refractivity contribution >= 4 is 17.1 Å². The highest BCUT2D eigenvalue weighted by Gasteiger charge is 2.20. The summed E-state index contributed by atoms with van der Waals surface area (Å²) in [6, 6.07) is 18.5. The first-order valence-corrected chi connectivity index (χ1v) is 10.9. The molecule has 1 heterocycles. The number of H-pyrrole nitrogens is 1. The first-order chi connectivity index (χ1) is 17.4. The van der Waals surface area contributed by atoms with Crippen LogP contribution in [0.2, 0.25) is 0 Å². The Kier molecular flexibility index (Phi) is 6.86. The molecule has 0 amide bonds. The predicted molar refractivity (Wildman–Crippen MR) is 136 cm³/mol. The highest BCUT2D eigenvalue weighted by Crippen LogP contribution is 2.41. The zero-order valence-corrected chi connectivity index (χ0v) is 20.1. The number of rotatable bonds is 8. The molecule has 0 unspecified atom stereocenters. The lowest BCUT2D eigenvalue weighted by Gasteiger charge is -2.13. The van der Waals surface area contributed by atoms with Gasteiger partial charge in [-0.1, -0.05) is 30.3 Å². The summed E-state index contributed by atoms with van der Waals surface area (Å²) in [6.07, 6.45) is 0. The number of aromatic nitrogens is 2. The molecular formula is C26H24N4O6. The highest BCUT2D eigenvalue weighted by molar-refractivity contribution is 6.04. The fourth-order valence-electron chi connectivity index (χ4n) is 3.87. The van der Waals surface area contributed by atoms with E-state index in [1.54, 1.807) is 19.1 Å². The van der Waals surface area contributed by atoms with Crippen molar-refractivity contribution in [1.82, 2.24) is 9.78 Å². The number of ether oxygens (including phenoxy) is 3. The minimum Gasteiger partial charge on any atom is -0.493 e. The number of benzene rings is 3. The summed E-state index contributed by atoms with van der Waals surface area (Å²) in [7, 11) is 4.54. The second kappa shape index (κ2) is 10.2. The van der Waals surface area contributed by atoms with E-state index in [0.717, 1.165) is 5.56 Å². The van der Waals surface area contributed by atoms with Crippen molar-refractivity contribution in [3.63, 3.8) is 0 Å². The van der Waals surface area contributed by atoms with Crippen LogP contribution in [0.4, 0.5) is 11.4 Å². The molecule has 0 bridgehead atoms. The van der Waals surface area contributed by atoms with Crippen molar-refractivity contribution in [3.05, 3.63) is 92.8 Å². The number of aliphatic imine (C=N–C) groups is 1. The molecule has 1 N–H and O–H groups in total. The molecule has 1 aromatic heterocycles. The van der Waals surface area contributed by atoms with Gasteiger partial charge >= 0.3 is 0 Å². The smallest absolute Gasteiger partial charge is 0.280 e. The molecule has 4 aromatic rings. The number of nitro groups is 1. The second-order valence-electron chi connectivity index (χ2n) is 7.72. The number of methoxy groups -OCH3 is 3. The van der Waals surface area contributed by atoms with Crippen LogP contribution in [-0.4, -0.2) is 41.7 Å². The molecule has 0 radical (unpaired) electrons. The van der Waals surface area contributed by atoms with Crippen molar-refractivity contribution in [3.8, 4) is 34.2 Å². The van der Waals surface area contributed by atoms with Gasteiger partial charge in [0.1, 0.15) is 0 Å². The Morgan fingerprint density at radius 3 is 2.08 bits per heavy atom. The second-order valence-corrected chi connectivity index (χ2v) is 7.72. The van der Waals surface area contributed by atoms with Crippen LogP contribution in [0.15, 0.2) is 76.5 Å². The molecule has 10 heteroatoms. The third-order valence-corrected chi connectivity index (χ3v) is 5.58. The molecule has 0 saturated carbocycles. The minimum absolute atomic E-state index is 0.0676. The van der Waals surface area contributed by atoms with E-state index < -0.39 is 4.92 Å². The Morgan fingerprint density at radius 1 is 0.944 bits per heavy atom. The molecule has 184 valence electrons. The van der Waals surface area contributed by atoms with Crippen LogP contribution in [0.25, 0.3) is 16.9 Å². The van der Waals surface area contributed by atoms with Crippen LogP contribution in [0.5, 0.6) is 17.2 Å². The lowest BCUT2D eigenvalue weighted by Crippen LogP contribution is -2.19. The predicted octanol–water partition coefficient (Wildman–Crippen LogP) is 4.91. The fraction of sp³-hybridized carbons (Fsp3) is 0.154. The molecule has 10 nitrogen and oxygen atoms in total. The van der Waals surface area contributed by atoms with E-state index in [0.29, 0.717) is 45.6 Å². The maximum Gasteiger partial charge on any atom is 0.280 e. The number of non-ortho nitro benzene ring substituents is 1. The molecule has 0 saturated heterocycles. The first kappa shape index (κ1) is 24.3. The lowest BCUT2D eigenvalue weighted by molar-refractivity contribution is -0.384. The Labute approximate surface area is 206 Å². The summed E-state index contributed by atoms with van der Waals surface area (Å²) in [6.45, 7) is 1.74. The Bertz CT molecular complexity index is 1460. The van der Waals surface area contributed by atoms with Gasteiger partial charge in [0.2, 0.25) is 5.75 Å². The van der Waals surface area contributed by atoms with Gasteiger partial charge in [0.25, 0.3) is 11.2 Å². The third-order valence-electron chi connectivity index (χ3n) is 5.58. The van der Waals surface area contributed by atoms with Crippen LogP contribution in [0.3, 0.4) is 0 Å². The summed E-state index contributed by atoms with van der Waals surface area (Å²) >= 11 is 0. The topological polar surface area (TPSA) is 121 Å². The molecule has 0 aliphatic heterocycles. The normalized spacial score (nSPS) is 11.3. The Morgan fingerprint density at radius 2 is 1.56 bits per heavy atom. The van der Waals surface area contributed by atoms with E-state index in [9.17, 15) is 14.9 Å². The number of hydrogen-bond donors (Lipinski definition) is 1. The van der Waals surface area contributed by atoms with Gasteiger partial charge in [0, 0.05) is 29.8 Å². The quantitative estimate of drug-likeness (QED) is 0.214. The van der Waals surface area contributed by atoms with E-state index >= 15 is 0 Å². The van der Waals surface area contributed by atoms with Gasteiger partial charge in [-0.05, 0) is 19.1 Å². The number of hydrogen-bond acceptors (Lipinski definition) is 7. The molecule has 0 atom stereocenters. The Hall–Kier alpha value is -4.86. The monoisotopic (exact) mass is 488 g/mol. The SMILES string of the molecule is COc1cc(N=C(C)c2c(-c3ccccc3)[nH]n(-c3ccc([N+](=O)[O-])cc3)c2=O)cc(OC)c1OC. The third kappa shape index (κ3) is 4.56. The van der Waals surface area contributed by atoms with Gasteiger partial charge in [0.05, 0.1) is 54.6 Å². The zero-order valence-electron chi connectivity index (χ0n) is 20.1. The largest absolute Gasteiger partial charge is 0.493 e. The first-order valence-electron chi connectivity index (χ1n) is 10.9. The van der Waals surface area contributed by atoms with Crippen molar-refractivity contribution in [1.29, 1.82) is 0 Å². The molecule has 0 spiro atoms. The zero-order chi connectivity index (χ0) is 25.8. The van der Waals surface area contributed by atoms with Gasteiger partial charge < -0.3 is 14.2 Å². The van der Waals surface area contributed by atoms with Crippen LogP contribution in [0, 0.1) is 10.1 Å². The van der Waals surface area contributed by atoms with Gasteiger partial charge in [-0.15, -0.1) is 0 Å². The van der Waals surface area contributed by atoms with Crippen LogP contribution in [-0.2, 0) is 0 Å². The molecular weight excluding hydrogens is 464 g/mol. The maximum absolute atomic E-state index is 13.6. The van der Waals surface area contributed by atoms with Crippen LogP contribution < -0.4 is 19.8 Å². The van der Waals surface area contributed by atoms with E-state index in [-0.39, 0.29) is 11.2 Å². The number of nitro benzene ring substituents is 1. The summed E-state index contributed by atoms with van der Waals surface area (Å²) in [5.74, 6) is 1.30. The molecule has 0 aliphatic rings. The average molecular weight is 489 g/mol. The van der Waals surface area contributed by atoms with E-state index in [2.05, 4.69) is 5.10 Å². The van der Waals surface area contributed by atoms with Gasteiger partial charge in [0.15, 0.2) is 11.5 Å². The van der Waals surface area contributed by atoms with Crippen LogP contribution >= 0.6 is 0 Å². The maximum atomic E-state index is 13.6. The number of aromatic amines is 1. The van der Waals surface area contributed by atoms with E-state index in [1.807, 2.05) is 30.3 Å². The summed E-state index contributed by atoms with van der Waals surface area (Å²) in [4.78, 5) is 28.9. The molecule has 0 fully saturated rings. The van der Waals surface area contributed by atoms with Gasteiger partial charge in [-0.3, -0.25) is 25.0 Å². The van der Waals surface area contributed by atoms with E-state index in [4.69, 9.17) is 19.2 Å². The lowest BCUT2D eigenvalue weighted by atomic mass is 10.1. The van der Waals surface area contributed by atoms with Crippen molar-refractivity contribution in [2.24, 2.45) is 4.99 Å². The fourth-order valence-corrected chi connectivity index (χ4v) is 3.87. The summed E-state index contributed by atoms with van der Waals surface area (Å²) in [5.41, 5.74) is 2.69. The molecule has 3 aromatic carbocycles. The number of nitrogens with zero attached hydrogens (tertiary/aromatic N) is 3. The molecule has 0 aliphatic carbocycles. The standard InChI is InChI=1S/C26H24N4O6/c1-16(27-18-14-21(34-2)25(36-4)22(15-18)35-3)23-24(17-8-6-5-7-9-17)28-29(26(23)31)19-10-12-20(13-11-19)30(32)33/h5-15,28H,1-4H3. The van der Waals surface area contributed by atoms with E-state index in [1.165, 1.54) is 50.3 Å². The van der Waals surface area contributed by atoms with Gasteiger partial charge in [-0.2, -0.15) is 0 Å². The molecule has 4 rings (SSSR count). The summed E-state index contributed by atoms with van der Waals surface area (Å²) in [5, 5.41) is 14.2. The highest BCUT2D eigenvalue weighted by atomic mass is 16.6. The minimum atomic E-state index is -0.490. The Balaban J connectivity index is 1.89. The number of nitrogens with one attached hydrogen (secondary N) is 1. The average Bonchev–Trinajstić information content (AvgIpc) is 3.25. The molecule has 36 heavy (non-hydrogen) atoms. The van der Waals surface area contributed by atoms with Crippen LogP contribution in [0.1, 0.15) is 12.5 Å². The van der Waals surface area contributed by atoms with Crippen molar-refractivity contribution in [2.75, 3.05) is 21.3 Å². The van der Waals surface area contributed by atoms with Crippen molar-refractivity contribution < 1.29 is 19.1 Å². The van der Waals surface area contributed by atoms with Gasteiger partial charge in [-0.25, -0.2) is 4.68 Å². The van der Waals surface area contributed by atoms with Crippen molar-refractivity contribution in [2.45, 2.75) is 6.92 Å². The summed E-state index contributed by atoms with van der Waals surface area (Å²) < 4.78 is 17.6.